The number of hydrogen-bond donors (Lipinski definition) is 0. The second-order valence-corrected chi connectivity index (χ2v) is 4.03. The van der Waals surface area contributed by atoms with E-state index in [4.69, 9.17) is 4.74 Å². The molecule has 0 radical (unpaired) electrons. The summed E-state index contributed by atoms with van der Waals surface area (Å²) in [6, 6.07) is 0. The molecule has 0 unspecified atom stereocenters. The van der Waals surface area contributed by atoms with E-state index in [0.717, 1.165) is 16.8 Å². The molecule has 0 atom stereocenters. The molecule has 0 amide bonds. The minimum atomic E-state index is -0.209. The Balaban J connectivity index is 3.19. The molecule has 0 bridgehead atoms. The van der Waals surface area contributed by atoms with Crippen molar-refractivity contribution >= 4 is 5.97 Å². The Bertz CT molecular complexity index is 364. The monoisotopic (exact) mass is 209 g/mol. The van der Waals surface area contributed by atoms with Gasteiger partial charge in [-0.1, -0.05) is 13.8 Å². The second kappa shape index (κ2) is 4.51. The molecule has 1 aromatic rings. The van der Waals surface area contributed by atoms with Crippen LogP contribution in [0.15, 0.2) is 6.20 Å². The Morgan fingerprint density at radius 2 is 2.13 bits per heavy atom. The van der Waals surface area contributed by atoms with Gasteiger partial charge in [-0.05, 0) is 25.3 Å². The van der Waals surface area contributed by atoms with Gasteiger partial charge >= 0.3 is 5.97 Å². The molecule has 3 nitrogen and oxygen atoms in total. The van der Waals surface area contributed by atoms with E-state index < -0.39 is 0 Å². The second-order valence-electron chi connectivity index (χ2n) is 4.03. The zero-order valence-corrected chi connectivity index (χ0v) is 10.1. The summed E-state index contributed by atoms with van der Waals surface area (Å²) in [4.78, 5) is 11.8. The lowest BCUT2D eigenvalue weighted by atomic mass is 10.0. The van der Waals surface area contributed by atoms with Crippen molar-refractivity contribution in [2.75, 3.05) is 6.61 Å². The topological polar surface area (TPSA) is 31.2 Å². The van der Waals surface area contributed by atoms with Crippen molar-refractivity contribution in [2.24, 2.45) is 7.05 Å². The van der Waals surface area contributed by atoms with Gasteiger partial charge < -0.3 is 9.30 Å². The molecule has 1 aromatic heterocycles. The summed E-state index contributed by atoms with van der Waals surface area (Å²) < 4.78 is 7.03. The van der Waals surface area contributed by atoms with Crippen LogP contribution in [-0.2, 0) is 11.8 Å². The first-order chi connectivity index (χ1) is 6.99. The van der Waals surface area contributed by atoms with Crippen molar-refractivity contribution in [2.45, 2.75) is 33.6 Å². The van der Waals surface area contributed by atoms with Gasteiger partial charge in [0.1, 0.15) is 0 Å². The van der Waals surface area contributed by atoms with Gasteiger partial charge in [0.2, 0.25) is 0 Å². The molecular formula is C12H19NO2. The molecule has 0 aromatic carbocycles. The van der Waals surface area contributed by atoms with Gasteiger partial charge in [0.15, 0.2) is 0 Å². The van der Waals surface area contributed by atoms with Crippen LogP contribution in [0.2, 0.25) is 0 Å². The smallest absolute Gasteiger partial charge is 0.340 e. The third-order valence-corrected chi connectivity index (χ3v) is 2.61. The molecule has 0 spiro atoms. The summed E-state index contributed by atoms with van der Waals surface area (Å²) in [5, 5.41) is 0. The van der Waals surface area contributed by atoms with Gasteiger partial charge in [-0.15, -0.1) is 0 Å². The van der Waals surface area contributed by atoms with Crippen LogP contribution in [0.25, 0.3) is 0 Å². The SMILES string of the molecule is CCOC(=O)c1c(C(C)C)cn(C)c1C. The number of aryl methyl sites for hydroxylation is 1. The Morgan fingerprint density at radius 1 is 1.53 bits per heavy atom. The van der Waals surface area contributed by atoms with Gasteiger partial charge in [0.05, 0.1) is 12.2 Å². The Morgan fingerprint density at radius 3 is 2.60 bits per heavy atom. The fraction of sp³-hybridized carbons (Fsp3) is 0.583. The highest BCUT2D eigenvalue weighted by molar-refractivity contribution is 5.92. The minimum Gasteiger partial charge on any atom is -0.462 e. The van der Waals surface area contributed by atoms with E-state index in [1.165, 1.54) is 0 Å². The standard InChI is InChI=1S/C12H19NO2/c1-6-15-12(14)11-9(4)13(5)7-10(11)8(2)3/h7-8H,6H2,1-5H3. The van der Waals surface area contributed by atoms with Crippen molar-refractivity contribution in [3.05, 3.63) is 23.0 Å². The number of nitrogens with zero attached hydrogens (tertiary/aromatic N) is 1. The van der Waals surface area contributed by atoms with Gasteiger partial charge in [-0.3, -0.25) is 0 Å². The third-order valence-electron chi connectivity index (χ3n) is 2.61. The molecule has 15 heavy (non-hydrogen) atoms. The first-order valence-electron chi connectivity index (χ1n) is 5.32. The van der Waals surface area contributed by atoms with Crippen molar-refractivity contribution in [1.82, 2.24) is 4.57 Å². The van der Waals surface area contributed by atoms with Gasteiger partial charge in [-0.2, -0.15) is 0 Å². The van der Waals surface area contributed by atoms with Crippen LogP contribution in [0.4, 0.5) is 0 Å². The Labute approximate surface area is 91.0 Å². The van der Waals surface area contributed by atoms with E-state index in [-0.39, 0.29) is 5.97 Å². The van der Waals surface area contributed by atoms with E-state index in [9.17, 15) is 4.79 Å². The van der Waals surface area contributed by atoms with Gasteiger partial charge in [0, 0.05) is 18.9 Å². The minimum absolute atomic E-state index is 0.209. The lowest BCUT2D eigenvalue weighted by Gasteiger charge is -2.07. The average Bonchev–Trinajstić information content (AvgIpc) is 2.44. The van der Waals surface area contributed by atoms with E-state index in [1.807, 2.05) is 31.7 Å². The summed E-state index contributed by atoms with van der Waals surface area (Å²) in [6.07, 6.45) is 2.01. The van der Waals surface area contributed by atoms with E-state index in [2.05, 4.69) is 13.8 Å². The molecule has 0 fully saturated rings. The molecule has 0 aliphatic carbocycles. The van der Waals surface area contributed by atoms with Crippen molar-refractivity contribution in [3.63, 3.8) is 0 Å². The normalized spacial score (nSPS) is 10.8. The molecular weight excluding hydrogens is 190 g/mol. The molecule has 1 rings (SSSR count). The number of carbonyl (C=O) groups is 1. The lowest BCUT2D eigenvalue weighted by molar-refractivity contribution is 0.0524. The molecule has 0 aliphatic rings. The third kappa shape index (κ3) is 2.22. The predicted molar refractivity (Wildman–Crippen MR) is 60.2 cm³/mol. The number of hydrogen-bond acceptors (Lipinski definition) is 2. The molecule has 3 heteroatoms. The number of carbonyl (C=O) groups excluding carboxylic acids is 1. The molecule has 1 heterocycles. The number of rotatable bonds is 3. The number of ether oxygens (including phenoxy) is 1. The Kier molecular flexibility index (Phi) is 3.56. The number of esters is 1. The van der Waals surface area contributed by atoms with Crippen LogP contribution in [0.5, 0.6) is 0 Å². The largest absolute Gasteiger partial charge is 0.462 e. The van der Waals surface area contributed by atoms with Crippen molar-refractivity contribution in [3.8, 4) is 0 Å². The fourth-order valence-electron chi connectivity index (χ4n) is 1.66. The molecule has 0 N–H and O–H groups in total. The maximum absolute atomic E-state index is 11.8. The summed E-state index contributed by atoms with van der Waals surface area (Å²) in [7, 11) is 1.95. The summed E-state index contributed by atoms with van der Waals surface area (Å²) in [6.45, 7) is 8.35. The van der Waals surface area contributed by atoms with Crippen molar-refractivity contribution < 1.29 is 9.53 Å². The molecule has 0 aliphatic heterocycles. The van der Waals surface area contributed by atoms with Crippen LogP contribution < -0.4 is 0 Å². The number of aromatic nitrogens is 1. The quantitative estimate of drug-likeness (QED) is 0.716. The van der Waals surface area contributed by atoms with E-state index in [1.54, 1.807) is 0 Å². The van der Waals surface area contributed by atoms with Gasteiger partial charge in [-0.25, -0.2) is 4.79 Å². The summed E-state index contributed by atoms with van der Waals surface area (Å²) >= 11 is 0. The van der Waals surface area contributed by atoms with Crippen LogP contribution in [0, 0.1) is 6.92 Å². The van der Waals surface area contributed by atoms with E-state index in [0.29, 0.717) is 12.5 Å². The maximum atomic E-state index is 11.8. The molecule has 84 valence electrons. The zero-order valence-electron chi connectivity index (χ0n) is 10.1. The Hall–Kier alpha value is -1.25. The van der Waals surface area contributed by atoms with Crippen LogP contribution in [0.1, 0.15) is 48.3 Å². The highest BCUT2D eigenvalue weighted by Gasteiger charge is 2.20. The average molecular weight is 209 g/mol. The predicted octanol–water partition coefficient (Wildman–Crippen LogP) is 2.63. The molecule has 0 saturated heterocycles. The highest BCUT2D eigenvalue weighted by atomic mass is 16.5. The first-order valence-corrected chi connectivity index (χ1v) is 5.32. The molecule has 0 saturated carbocycles. The summed E-state index contributed by atoms with van der Waals surface area (Å²) in [5.41, 5.74) is 2.76. The van der Waals surface area contributed by atoms with Crippen LogP contribution >= 0.6 is 0 Å². The van der Waals surface area contributed by atoms with Crippen molar-refractivity contribution in [1.29, 1.82) is 0 Å². The highest BCUT2D eigenvalue weighted by Crippen LogP contribution is 2.24. The van der Waals surface area contributed by atoms with Crippen LogP contribution in [0.3, 0.4) is 0 Å². The fourth-order valence-corrected chi connectivity index (χ4v) is 1.66. The lowest BCUT2D eigenvalue weighted by Crippen LogP contribution is -2.09. The van der Waals surface area contributed by atoms with Gasteiger partial charge in [0.25, 0.3) is 0 Å². The van der Waals surface area contributed by atoms with E-state index >= 15 is 0 Å². The maximum Gasteiger partial charge on any atom is 0.340 e. The summed E-state index contributed by atoms with van der Waals surface area (Å²) in [5.74, 6) is 0.128. The zero-order chi connectivity index (χ0) is 11.6. The van der Waals surface area contributed by atoms with Crippen LogP contribution in [-0.4, -0.2) is 17.1 Å². The first kappa shape index (κ1) is 11.8.